The number of aliphatic imine (C=N–C) groups is 1. The van der Waals surface area contributed by atoms with Crippen LogP contribution in [0, 0.1) is 0 Å². The maximum absolute atomic E-state index is 13.0. The Morgan fingerprint density at radius 3 is 2.89 bits per heavy atom. The van der Waals surface area contributed by atoms with Crippen LogP contribution in [0.1, 0.15) is 23.7 Å². The number of allylic oxidation sites excluding steroid dienone is 1. The molecule has 1 fully saturated rings. The number of H-pyrrole nitrogens is 1. The van der Waals surface area contributed by atoms with Crippen molar-refractivity contribution in [3.8, 4) is 0 Å². The quantitative estimate of drug-likeness (QED) is 0.766. The molecule has 0 bridgehead atoms. The van der Waals surface area contributed by atoms with Crippen molar-refractivity contribution >= 4 is 24.2 Å². The maximum Gasteiger partial charge on any atom is 0.416 e. The van der Waals surface area contributed by atoms with Crippen molar-refractivity contribution in [2.75, 3.05) is 19.7 Å². The van der Waals surface area contributed by atoms with E-state index in [1.165, 1.54) is 10.6 Å². The predicted molar refractivity (Wildman–Crippen MR) is 102 cm³/mol. The first-order valence-electron chi connectivity index (χ1n) is 8.77. The van der Waals surface area contributed by atoms with Gasteiger partial charge in [0.1, 0.15) is 0 Å². The standard InChI is InChI=1S/C19H21F3N4O2/c1-12(13-4-3-5-14(9-13)19(20,21)22)8-16-17(23-2)25-18(27)26(16)11-15-10-24-6-7-28-15/h3-5,8-9,15,24H,2,6-7,10-11H2,1H3,(H,25,27)/b12-8+. The van der Waals surface area contributed by atoms with Gasteiger partial charge >= 0.3 is 11.9 Å². The Morgan fingerprint density at radius 2 is 2.25 bits per heavy atom. The van der Waals surface area contributed by atoms with Gasteiger partial charge in [-0.25, -0.2) is 9.79 Å². The molecular formula is C19H21F3N4O2. The van der Waals surface area contributed by atoms with Gasteiger partial charge in [-0.15, -0.1) is 0 Å². The zero-order valence-electron chi connectivity index (χ0n) is 15.3. The summed E-state index contributed by atoms with van der Waals surface area (Å²) in [5.41, 5.74) is 0.309. The molecule has 0 amide bonds. The Hall–Kier alpha value is -2.65. The average molecular weight is 394 g/mol. The van der Waals surface area contributed by atoms with E-state index in [2.05, 4.69) is 22.0 Å². The molecule has 9 heteroatoms. The van der Waals surface area contributed by atoms with E-state index in [0.717, 1.165) is 18.7 Å². The van der Waals surface area contributed by atoms with Crippen molar-refractivity contribution in [3.63, 3.8) is 0 Å². The minimum Gasteiger partial charge on any atom is -0.374 e. The van der Waals surface area contributed by atoms with E-state index >= 15 is 0 Å². The van der Waals surface area contributed by atoms with Crippen LogP contribution in [0.25, 0.3) is 11.6 Å². The van der Waals surface area contributed by atoms with Crippen LogP contribution in [0.2, 0.25) is 0 Å². The van der Waals surface area contributed by atoms with Gasteiger partial charge in [0.2, 0.25) is 0 Å². The summed E-state index contributed by atoms with van der Waals surface area (Å²) in [6, 6.07) is 5.04. The van der Waals surface area contributed by atoms with Gasteiger partial charge in [0, 0.05) is 13.1 Å². The number of morpholine rings is 1. The molecular weight excluding hydrogens is 373 g/mol. The van der Waals surface area contributed by atoms with Crippen LogP contribution in [0.15, 0.2) is 34.1 Å². The number of nitrogens with zero attached hydrogens (tertiary/aromatic N) is 2. The van der Waals surface area contributed by atoms with E-state index in [-0.39, 0.29) is 17.6 Å². The lowest BCUT2D eigenvalue weighted by molar-refractivity contribution is -0.137. The largest absolute Gasteiger partial charge is 0.416 e. The van der Waals surface area contributed by atoms with Gasteiger partial charge in [0.05, 0.1) is 30.5 Å². The second-order valence-corrected chi connectivity index (χ2v) is 6.54. The number of nitrogens with one attached hydrogen (secondary N) is 2. The Morgan fingerprint density at radius 1 is 1.46 bits per heavy atom. The van der Waals surface area contributed by atoms with Gasteiger partial charge in [0.25, 0.3) is 0 Å². The third-order valence-corrected chi connectivity index (χ3v) is 4.55. The zero-order chi connectivity index (χ0) is 20.3. The first-order valence-corrected chi connectivity index (χ1v) is 8.77. The predicted octanol–water partition coefficient (Wildman–Crippen LogP) is 3.08. The van der Waals surface area contributed by atoms with Crippen LogP contribution in [0.4, 0.5) is 19.0 Å². The second kappa shape index (κ2) is 8.15. The maximum atomic E-state index is 13.0. The zero-order valence-corrected chi connectivity index (χ0v) is 15.3. The molecule has 2 aromatic rings. The highest BCUT2D eigenvalue weighted by molar-refractivity contribution is 5.82. The highest BCUT2D eigenvalue weighted by Gasteiger charge is 2.30. The molecule has 0 aliphatic carbocycles. The van der Waals surface area contributed by atoms with Gasteiger partial charge in [-0.05, 0) is 43.0 Å². The molecule has 1 aliphatic rings. The van der Waals surface area contributed by atoms with Crippen LogP contribution in [0.5, 0.6) is 0 Å². The molecule has 0 saturated carbocycles. The van der Waals surface area contributed by atoms with Gasteiger partial charge in [-0.3, -0.25) is 9.55 Å². The van der Waals surface area contributed by atoms with Crippen molar-refractivity contribution in [2.45, 2.75) is 25.7 Å². The Kier molecular flexibility index (Phi) is 5.85. The number of halogens is 3. The average Bonchev–Trinajstić information content (AvgIpc) is 2.97. The van der Waals surface area contributed by atoms with Gasteiger partial charge in [0.15, 0.2) is 5.82 Å². The third-order valence-electron chi connectivity index (χ3n) is 4.55. The number of benzene rings is 1. The molecule has 2 heterocycles. The molecule has 1 saturated heterocycles. The first-order chi connectivity index (χ1) is 13.3. The lowest BCUT2D eigenvalue weighted by atomic mass is 10.0. The monoisotopic (exact) mass is 394 g/mol. The van der Waals surface area contributed by atoms with Crippen molar-refractivity contribution in [3.05, 3.63) is 51.6 Å². The van der Waals surface area contributed by atoms with Crippen LogP contribution >= 0.6 is 0 Å². The van der Waals surface area contributed by atoms with Crippen LogP contribution in [-0.4, -0.2) is 42.1 Å². The molecule has 1 aromatic carbocycles. The molecule has 3 rings (SSSR count). The molecule has 2 N–H and O–H groups in total. The summed E-state index contributed by atoms with van der Waals surface area (Å²) >= 11 is 0. The van der Waals surface area contributed by atoms with E-state index in [4.69, 9.17) is 4.74 Å². The Labute approximate surface area is 159 Å². The molecule has 0 spiro atoms. The summed E-state index contributed by atoms with van der Waals surface area (Å²) in [7, 11) is 0. The minimum atomic E-state index is -4.42. The lowest BCUT2D eigenvalue weighted by Gasteiger charge is -2.24. The normalized spacial score (nSPS) is 18.3. The summed E-state index contributed by atoms with van der Waals surface area (Å²) in [6.45, 7) is 7.34. The highest BCUT2D eigenvalue weighted by Crippen LogP contribution is 2.31. The third kappa shape index (κ3) is 4.42. The van der Waals surface area contributed by atoms with E-state index in [9.17, 15) is 18.0 Å². The fourth-order valence-corrected chi connectivity index (χ4v) is 3.09. The first kappa shape index (κ1) is 20.1. The second-order valence-electron chi connectivity index (χ2n) is 6.54. The number of imidazole rings is 1. The highest BCUT2D eigenvalue weighted by atomic mass is 19.4. The van der Waals surface area contributed by atoms with Crippen molar-refractivity contribution in [2.24, 2.45) is 4.99 Å². The number of hydrogen-bond acceptors (Lipinski definition) is 4. The number of aromatic amines is 1. The SMILES string of the molecule is C=Nc1[nH]c(=O)n(CC2CNCCO2)c1/C=C(\C)c1cccc(C(F)(F)F)c1. The summed E-state index contributed by atoms with van der Waals surface area (Å²) in [6.07, 6.45) is -2.99. The molecule has 1 aliphatic heterocycles. The fourth-order valence-electron chi connectivity index (χ4n) is 3.09. The molecule has 28 heavy (non-hydrogen) atoms. The van der Waals surface area contributed by atoms with Gasteiger partial charge in [-0.2, -0.15) is 13.2 Å². The smallest absolute Gasteiger partial charge is 0.374 e. The number of alkyl halides is 3. The lowest BCUT2D eigenvalue weighted by Crippen LogP contribution is -2.42. The molecule has 150 valence electrons. The van der Waals surface area contributed by atoms with E-state index in [1.807, 2.05) is 0 Å². The number of hydrogen-bond donors (Lipinski definition) is 2. The molecule has 0 radical (unpaired) electrons. The molecule has 6 nitrogen and oxygen atoms in total. The van der Waals surface area contributed by atoms with Crippen LogP contribution in [-0.2, 0) is 17.5 Å². The van der Waals surface area contributed by atoms with E-state index < -0.39 is 11.7 Å². The number of aromatic nitrogens is 2. The van der Waals surface area contributed by atoms with E-state index in [0.29, 0.717) is 36.5 Å². The number of ether oxygens (including phenoxy) is 1. The Balaban J connectivity index is 1.98. The van der Waals surface area contributed by atoms with Crippen molar-refractivity contribution in [1.82, 2.24) is 14.9 Å². The summed E-state index contributed by atoms with van der Waals surface area (Å²) < 4.78 is 46.1. The van der Waals surface area contributed by atoms with Crippen molar-refractivity contribution < 1.29 is 17.9 Å². The topological polar surface area (TPSA) is 71.4 Å². The molecule has 1 unspecified atom stereocenters. The molecule has 1 aromatic heterocycles. The summed E-state index contributed by atoms with van der Waals surface area (Å²) in [5.74, 6) is 0.264. The van der Waals surface area contributed by atoms with E-state index in [1.54, 1.807) is 19.1 Å². The molecule has 1 atom stereocenters. The van der Waals surface area contributed by atoms with Gasteiger partial charge < -0.3 is 10.1 Å². The minimum absolute atomic E-state index is 0.194. The Bertz CT molecular complexity index is 937. The van der Waals surface area contributed by atoms with Crippen molar-refractivity contribution in [1.29, 1.82) is 0 Å². The summed E-state index contributed by atoms with van der Waals surface area (Å²) in [4.78, 5) is 18.8. The van der Waals surface area contributed by atoms with Crippen LogP contribution < -0.4 is 11.0 Å². The van der Waals surface area contributed by atoms with Gasteiger partial charge in [-0.1, -0.05) is 12.1 Å². The summed E-state index contributed by atoms with van der Waals surface area (Å²) in [5, 5.41) is 3.19. The number of rotatable bonds is 5. The van der Waals surface area contributed by atoms with Crippen LogP contribution in [0.3, 0.4) is 0 Å². The fraction of sp³-hybridized carbons (Fsp3) is 0.368.